The number of rotatable bonds is 4. The van der Waals surface area contributed by atoms with Gasteiger partial charge in [-0.15, -0.1) is 0 Å². The van der Waals surface area contributed by atoms with Crippen molar-refractivity contribution in [1.29, 1.82) is 0 Å². The number of anilines is 1. The number of sulfonamides is 1. The van der Waals surface area contributed by atoms with Crippen LogP contribution < -0.4 is 4.72 Å². The minimum Gasteiger partial charge on any atom is -0.347 e. The molecule has 0 aromatic heterocycles. The first-order valence-electron chi connectivity index (χ1n) is 10.1. The topological polar surface area (TPSA) is 84.9 Å². The SMILES string of the molecule is Cc1ccc(NS(=O)(=O)c2ccc(C(=O)N3CCC4(CC3)OCCO4)cc2)cc1C. The number of hydrogen-bond donors (Lipinski definition) is 1. The fraction of sp³-hybridized carbons (Fsp3) is 0.409. The van der Waals surface area contributed by atoms with E-state index in [0.717, 1.165) is 11.1 Å². The van der Waals surface area contributed by atoms with Crippen molar-refractivity contribution in [1.82, 2.24) is 4.90 Å². The lowest BCUT2D eigenvalue weighted by Crippen LogP contribution is -2.47. The van der Waals surface area contributed by atoms with Crippen LogP contribution in [-0.2, 0) is 19.5 Å². The summed E-state index contributed by atoms with van der Waals surface area (Å²) >= 11 is 0. The second kappa shape index (κ2) is 8.02. The van der Waals surface area contributed by atoms with Gasteiger partial charge >= 0.3 is 0 Å². The molecule has 2 aliphatic heterocycles. The maximum absolute atomic E-state index is 12.8. The van der Waals surface area contributed by atoms with Crippen molar-refractivity contribution in [3.63, 3.8) is 0 Å². The Morgan fingerprint density at radius 3 is 2.20 bits per heavy atom. The zero-order chi connectivity index (χ0) is 21.4. The van der Waals surface area contributed by atoms with E-state index >= 15 is 0 Å². The van der Waals surface area contributed by atoms with Gasteiger partial charge in [-0.25, -0.2) is 8.42 Å². The number of nitrogens with zero attached hydrogens (tertiary/aromatic N) is 1. The van der Waals surface area contributed by atoms with E-state index in [2.05, 4.69) is 4.72 Å². The molecule has 0 radical (unpaired) electrons. The second-order valence-electron chi connectivity index (χ2n) is 7.83. The predicted molar refractivity (Wildman–Crippen MR) is 113 cm³/mol. The minimum atomic E-state index is -3.73. The number of ether oxygens (including phenoxy) is 2. The summed E-state index contributed by atoms with van der Waals surface area (Å²) in [6.07, 6.45) is 1.29. The maximum atomic E-state index is 12.8. The van der Waals surface area contributed by atoms with Gasteiger partial charge in [0.15, 0.2) is 5.79 Å². The molecule has 0 saturated carbocycles. The maximum Gasteiger partial charge on any atom is 0.261 e. The average Bonchev–Trinajstić information content (AvgIpc) is 3.19. The first-order valence-corrected chi connectivity index (χ1v) is 11.5. The molecule has 0 aliphatic carbocycles. The Balaban J connectivity index is 1.43. The third kappa shape index (κ3) is 4.21. The molecule has 1 amide bonds. The van der Waals surface area contributed by atoms with Crippen LogP contribution in [-0.4, -0.2) is 51.3 Å². The van der Waals surface area contributed by atoms with E-state index in [-0.39, 0.29) is 10.8 Å². The van der Waals surface area contributed by atoms with Gasteiger partial charge in [-0.2, -0.15) is 0 Å². The van der Waals surface area contributed by atoms with Gasteiger partial charge in [0, 0.05) is 37.2 Å². The highest BCUT2D eigenvalue weighted by Gasteiger charge is 2.40. The Morgan fingerprint density at radius 2 is 1.60 bits per heavy atom. The molecular weight excluding hydrogens is 404 g/mol. The molecule has 2 fully saturated rings. The van der Waals surface area contributed by atoms with Crippen LogP contribution in [0.15, 0.2) is 47.4 Å². The van der Waals surface area contributed by atoms with Crippen LogP contribution in [0.5, 0.6) is 0 Å². The number of benzene rings is 2. The zero-order valence-electron chi connectivity index (χ0n) is 17.2. The quantitative estimate of drug-likeness (QED) is 0.806. The van der Waals surface area contributed by atoms with Crippen LogP contribution >= 0.6 is 0 Å². The highest BCUT2D eigenvalue weighted by Crippen LogP contribution is 2.31. The summed E-state index contributed by atoms with van der Waals surface area (Å²) in [6.45, 7) is 6.20. The fourth-order valence-electron chi connectivity index (χ4n) is 3.81. The van der Waals surface area contributed by atoms with Crippen molar-refractivity contribution in [3.8, 4) is 0 Å². The monoisotopic (exact) mass is 430 g/mol. The summed E-state index contributed by atoms with van der Waals surface area (Å²) in [5.74, 6) is -0.650. The lowest BCUT2D eigenvalue weighted by Gasteiger charge is -2.37. The van der Waals surface area contributed by atoms with E-state index in [4.69, 9.17) is 9.47 Å². The molecule has 2 aromatic rings. The number of aryl methyl sites for hydroxylation is 2. The number of carbonyl (C=O) groups excluding carboxylic acids is 1. The Labute approximate surface area is 177 Å². The van der Waals surface area contributed by atoms with E-state index in [0.29, 0.717) is 50.4 Å². The summed E-state index contributed by atoms with van der Waals surface area (Å²) in [5, 5.41) is 0. The lowest BCUT2D eigenvalue weighted by molar-refractivity contribution is -0.181. The van der Waals surface area contributed by atoms with Crippen LogP contribution in [0.3, 0.4) is 0 Å². The van der Waals surface area contributed by atoms with E-state index in [1.165, 1.54) is 12.1 Å². The third-order valence-corrected chi connectivity index (χ3v) is 7.19. The molecular formula is C22H26N2O5S. The summed E-state index contributed by atoms with van der Waals surface area (Å²) in [6, 6.07) is 11.5. The molecule has 1 N–H and O–H groups in total. The molecule has 0 unspecified atom stereocenters. The van der Waals surface area contributed by atoms with Crippen molar-refractivity contribution in [3.05, 3.63) is 59.2 Å². The van der Waals surface area contributed by atoms with Crippen LogP contribution in [0.25, 0.3) is 0 Å². The first-order chi connectivity index (χ1) is 14.3. The molecule has 2 saturated heterocycles. The highest BCUT2D eigenvalue weighted by molar-refractivity contribution is 7.92. The molecule has 160 valence electrons. The number of likely N-dealkylation sites (tertiary alicyclic amines) is 1. The highest BCUT2D eigenvalue weighted by atomic mass is 32.2. The van der Waals surface area contributed by atoms with Gasteiger partial charge in [-0.3, -0.25) is 9.52 Å². The molecule has 2 aromatic carbocycles. The number of hydrogen-bond acceptors (Lipinski definition) is 5. The summed E-state index contributed by atoms with van der Waals surface area (Å²) in [7, 11) is -3.73. The van der Waals surface area contributed by atoms with Gasteiger partial charge in [-0.05, 0) is 61.4 Å². The molecule has 4 rings (SSSR count). The Morgan fingerprint density at radius 1 is 0.967 bits per heavy atom. The molecule has 2 aliphatic rings. The lowest BCUT2D eigenvalue weighted by atomic mass is 10.0. The number of piperidine rings is 1. The third-order valence-electron chi connectivity index (χ3n) is 5.80. The molecule has 0 atom stereocenters. The zero-order valence-corrected chi connectivity index (χ0v) is 18.0. The van der Waals surface area contributed by atoms with Crippen molar-refractivity contribution < 1.29 is 22.7 Å². The fourth-order valence-corrected chi connectivity index (χ4v) is 4.86. The standard InChI is InChI=1S/C22H26N2O5S/c1-16-3-6-19(15-17(16)2)23-30(26,27)20-7-4-18(5-8-20)21(25)24-11-9-22(10-12-24)28-13-14-29-22/h3-8,15,23H,9-14H2,1-2H3. The summed E-state index contributed by atoms with van der Waals surface area (Å²) in [4.78, 5) is 14.7. The molecule has 30 heavy (non-hydrogen) atoms. The van der Waals surface area contributed by atoms with Gasteiger partial charge in [0.25, 0.3) is 15.9 Å². The number of amides is 1. The van der Waals surface area contributed by atoms with Gasteiger partial charge in [0.05, 0.1) is 18.1 Å². The summed E-state index contributed by atoms with van der Waals surface area (Å²) in [5.41, 5.74) is 3.07. The van der Waals surface area contributed by atoms with E-state index in [9.17, 15) is 13.2 Å². The van der Waals surface area contributed by atoms with E-state index < -0.39 is 15.8 Å². The Kier molecular flexibility index (Phi) is 5.57. The number of nitrogens with one attached hydrogen (secondary N) is 1. The molecule has 1 spiro atoms. The predicted octanol–water partition coefficient (Wildman–Crippen LogP) is 3.08. The molecule has 7 nitrogen and oxygen atoms in total. The minimum absolute atomic E-state index is 0.114. The normalized spacial score (nSPS) is 18.5. The van der Waals surface area contributed by atoms with Crippen LogP contribution in [0.1, 0.15) is 34.3 Å². The first kappa shape index (κ1) is 20.8. The molecule has 0 bridgehead atoms. The van der Waals surface area contributed by atoms with Gasteiger partial charge in [0.2, 0.25) is 0 Å². The molecule has 2 heterocycles. The Bertz CT molecular complexity index is 1030. The van der Waals surface area contributed by atoms with Crippen molar-refractivity contribution in [2.45, 2.75) is 37.4 Å². The van der Waals surface area contributed by atoms with E-state index in [1.807, 2.05) is 19.9 Å². The number of carbonyl (C=O) groups is 1. The molecule has 8 heteroatoms. The van der Waals surface area contributed by atoms with Crippen LogP contribution in [0.4, 0.5) is 5.69 Å². The van der Waals surface area contributed by atoms with Gasteiger partial charge in [-0.1, -0.05) is 6.07 Å². The van der Waals surface area contributed by atoms with Gasteiger partial charge in [0.1, 0.15) is 0 Å². The van der Waals surface area contributed by atoms with Gasteiger partial charge < -0.3 is 14.4 Å². The van der Waals surface area contributed by atoms with Crippen molar-refractivity contribution in [2.75, 3.05) is 31.0 Å². The smallest absolute Gasteiger partial charge is 0.261 e. The van der Waals surface area contributed by atoms with Crippen LogP contribution in [0.2, 0.25) is 0 Å². The Hall–Kier alpha value is -2.42. The average molecular weight is 431 g/mol. The van der Waals surface area contributed by atoms with Crippen molar-refractivity contribution in [2.24, 2.45) is 0 Å². The largest absolute Gasteiger partial charge is 0.347 e. The van der Waals surface area contributed by atoms with Crippen molar-refractivity contribution >= 4 is 21.6 Å². The summed E-state index contributed by atoms with van der Waals surface area (Å²) < 4.78 is 39.4. The second-order valence-corrected chi connectivity index (χ2v) is 9.51. The van der Waals surface area contributed by atoms with E-state index in [1.54, 1.807) is 29.2 Å². The van der Waals surface area contributed by atoms with Crippen LogP contribution in [0, 0.1) is 13.8 Å².